The van der Waals surface area contributed by atoms with E-state index in [9.17, 15) is 9.59 Å². The number of anilines is 1. The summed E-state index contributed by atoms with van der Waals surface area (Å²) in [5, 5.41) is 4.57. The van der Waals surface area contributed by atoms with E-state index in [1.165, 1.54) is 16.6 Å². The van der Waals surface area contributed by atoms with E-state index in [4.69, 9.17) is 0 Å². The number of rotatable bonds is 8. The predicted octanol–water partition coefficient (Wildman–Crippen LogP) is 7.06. The topological polar surface area (TPSA) is 81.3 Å². The summed E-state index contributed by atoms with van der Waals surface area (Å²) in [6.07, 6.45) is 5.10. The fraction of sp³-hybridized carbons (Fsp3) is 0.447. The second kappa shape index (κ2) is 11.8. The van der Waals surface area contributed by atoms with Crippen LogP contribution in [-0.4, -0.2) is 57.3 Å². The van der Waals surface area contributed by atoms with Gasteiger partial charge < -0.3 is 20.1 Å². The molecule has 7 nitrogen and oxygen atoms in total. The number of hydrogen-bond acceptors (Lipinski definition) is 4. The first-order valence-corrected chi connectivity index (χ1v) is 16.3. The van der Waals surface area contributed by atoms with Crippen LogP contribution in [0.1, 0.15) is 72.5 Å². The molecule has 1 saturated carbocycles. The first kappa shape index (κ1) is 31.0. The van der Waals surface area contributed by atoms with Gasteiger partial charge in [-0.05, 0) is 99.2 Å². The van der Waals surface area contributed by atoms with Crippen molar-refractivity contribution in [3.8, 4) is 0 Å². The lowest BCUT2D eigenvalue weighted by Gasteiger charge is -2.47. The molecule has 3 heterocycles. The van der Waals surface area contributed by atoms with E-state index in [1.54, 1.807) is 6.20 Å². The van der Waals surface area contributed by atoms with Crippen LogP contribution in [0.25, 0.3) is 10.9 Å². The number of carbonyl (C=O) groups is 2. The Labute approximate surface area is 267 Å². The standard InChI is InChI=1S/C38H47N5O2/c1-24-19-25(2)35(26(3)20-24)41-36(45)38(14-17-42(7)18-15-38)43(23-28-11-10-16-39-22-28)32(44)21-30-34(37(30,5)6)33-27(4)40-31-13-9-8-12-29(31)33/h8-13,16,19-20,22,30,34,40H,14-15,17-18,21,23H2,1-7H3,(H,41,45)/t30-,34-/m0/s1. The third-order valence-electron chi connectivity index (χ3n) is 10.7. The van der Waals surface area contributed by atoms with Crippen molar-refractivity contribution in [2.75, 3.05) is 25.5 Å². The molecule has 0 unspecified atom stereocenters. The lowest BCUT2D eigenvalue weighted by molar-refractivity contribution is -0.150. The van der Waals surface area contributed by atoms with Crippen molar-refractivity contribution in [3.05, 3.63) is 94.4 Å². The van der Waals surface area contributed by atoms with Gasteiger partial charge in [0.1, 0.15) is 5.54 Å². The number of hydrogen-bond donors (Lipinski definition) is 2. The van der Waals surface area contributed by atoms with Crippen LogP contribution in [0.4, 0.5) is 5.69 Å². The van der Waals surface area contributed by atoms with E-state index in [0.29, 0.717) is 25.8 Å². The van der Waals surface area contributed by atoms with Crippen LogP contribution in [0.2, 0.25) is 0 Å². The molecular weight excluding hydrogens is 558 g/mol. The molecule has 236 valence electrons. The van der Waals surface area contributed by atoms with Gasteiger partial charge in [-0.2, -0.15) is 0 Å². The average Bonchev–Trinajstić information content (AvgIpc) is 3.35. The number of aryl methyl sites for hydroxylation is 4. The number of para-hydroxylation sites is 1. The molecule has 2 atom stereocenters. The Balaban J connectivity index is 1.36. The molecule has 2 aromatic heterocycles. The lowest BCUT2D eigenvalue weighted by Crippen LogP contribution is -2.63. The Bertz CT molecular complexity index is 1710. The van der Waals surface area contributed by atoms with Gasteiger partial charge in [-0.15, -0.1) is 0 Å². The van der Waals surface area contributed by atoms with Crippen LogP contribution < -0.4 is 5.32 Å². The van der Waals surface area contributed by atoms with Gasteiger partial charge in [0.25, 0.3) is 0 Å². The highest BCUT2D eigenvalue weighted by Crippen LogP contribution is 2.67. The summed E-state index contributed by atoms with van der Waals surface area (Å²) in [5.41, 5.74) is 7.62. The highest BCUT2D eigenvalue weighted by Gasteiger charge is 2.60. The maximum atomic E-state index is 14.8. The zero-order chi connectivity index (χ0) is 32.1. The number of carbonyl (C=O) groups excluding carboxylic acids is 2. The van der Waals surface area contributed by atoms with Gasteiger partial charge in [-0.3, -0.25) is 14.6 Å². The predicted molar refractivity (Wildman–Crippen MR) is 181 cm³/mol. The van der Waals surface area contributed by atoms with Crippen LogP contribution in [0, 0.1) is 39.0 Å². The SMILES string of the molecule is Cc1cc(C)c(NC(=O)C2(N(Cc3cccnc3)C(=O)C[C@H]3[C@@H](c4c(C)[nH]c5ccccc45)C3(C)C)CCN(C)CC2)c(C)c1. The fourth-order valence-electron chi connectivity index (χ4n) is 8.06. The molecular formula is C38H47N5O2. The molecule has 2 amide bonds. The zero-order valence-electron chi connectivity index (χ0n) is 27.8. The van der Waals surface area contributed by atoms with E-state index in [0.717, 1.165) is 46.5 Å². The van der Waals surface area contributed by atoms with Crippen LogP contribution in [0.15, 0.2) is 60.9 Å². The van der Waals surface area contributed by atoms with E-state index >= 15 is 0 Å². The molecule has 2 N–H and O–H groups in total. The second-order valence-corrected chi connectivity index (χ2v) is 14.2. The number of piperidine rings is 1. The Morgan fingerprint density at radius 1 is 1.02 bits per heavy atom. The number of benzene rings is 2. The Hall–Kier alpha value is -3.97. The van der Waals surface area contributed by atoms with E-state index < -0.39 is 5.54 Å². The van der Waals surface area contributed by atoms with Crippen LogP contribution in [-0.2, 0) is 16.1 Å². The summed E-state index contributed by atoms with van der Waals surface area (Å²) in [4.78, 5) is 41.5. The number of aromatic nitrogens is 2. The number of H-pyrrole nitrogens is 1. The van der Waals surface area contributed by atoms with Gasteiger partial charge in [0.15, 0.2) is 0 Å². The molecule has 0 bridgehead atoms. The maximum absolute atomic E-state index is 14.8. The van der Waals surface area contributed by atoms with Crippen molar-refractivity contribution < 1.29 is 9.59 Å². The molecule has 2 aliphatic rings. The minimum atomic E-state index is -0.978. The number of nitrogens with zero attached hydrogens (tertiary/aromatic N) is 3. The van der Waals surface area contributed by atoms with Crippen molar-refractivity contribution in [1.82, 2.24) is 19.8 Å². The summed E-state index contributed by atoms with van der Waals surface area (Å²) >= 11 is 0. The minimum absolute atomic E-state index is 0.0361. The van der Waals surface area contributed by atoms with Crippen molar-refractivity contribution in [2.45, 2.75) is 78.8 Å². The quantitative estimate of drug-likeness (QED) is 0.225. The molecule has 45 heavy (non-hydrogen) atoms. The molecule has 0 radical (unpaired) electrons. The van der Waals surface area contributed by atoms with Gasteiger partial charge in [0, 0.05) is 60.7 Å². The Morgan fingerprint density at radius 3 is 2.38 bits per heavy atom. The summed E-state index contributed by atoms with van der Waals surface area (Å²) in [7, 11) is 2.09. The zero-order valence-corrected chi connectivity index (χ0v) is 27.8. The molecule has 1 aliphatic heterocycles. The van der Waals surface area contributed by atoms with Crippen molar-refractivity contribution in [2.24, 2.45) is 11.3 Å². The molecule has 0 spiro atoms. The monoisotopic (exact) mass is 605 g/mol. The van der Waals surface area contributed by atoms with Gasteiger partial charge in [0.05, 0.1) is 0 Å². The summed E-state index contributed by atoms with van der Waals surface area (Å²) < 4.78 is 0. The van der Waals surface area contributed by atoms with Gasteiger partial charge in [-0.1, -0.05) is 55.8 Å². The van der Waals surface area contributed by atoms with Crippen molar-refractivity contribution in [1.29, 1.82) is 0 Å². The normalized spacial score (nSPS) is 20.6. The molecule has 2 aromatic carbocycles. The van der Waals surface area contributed by atoms with E-state index in [1.807, 2.05) is 37.1 Å². The molecule has 7 heteroatoms. The first-order chi connectivity index (χ1) is 21.4. The van der Waals surface area contributed by atoms with Crippen molar-refractivity contribution in [3.63, 3.8) is 0 Å². The van der Waals surface area contributed by atoms with Gasteiger partial charge in [0.2, 0.25) is 11.8 Å². The molecule has 6 rings (SSSR count). The van der Waals surface area contributed by atoms with Crippen LogP contribution >= 0.6 is 0 Å². The van der Waals surface area contributed by atoms with Gasteiger partial charge >= 0.3 is 0 Å². The number of pyridine rings is 1. The van der Waals surface area contributed by atoms with E-state index in [-0.39, 0.29) is 29.1 Å². The number of nitrogens with one attached hydrogen (secondary N) is 2. The third-order valence-corrected chi connectivity index (χ3v) is 10.7. The fourth-order valence-corrected chi connectivity index (χ4v) is 8.06. The smallest absolute Gasteiger partial charge is 0.250 e. The molecule has 2 fully saturated rings. The number of likely N-dealkylation sites (tertiary alicyclic amines) is 1. The highest BCUT2D eigenvalue weighted by atomic mass is 16.2. The second-order valence-electron chi connectivity index (χ2n) is 14.2. The number of fused-ring (bicyclic) bond motifs is 1. The Morgan fingerprint density at radius 2 is 1.71 bits per heavy atom. The maximum Gasteiger partial charge on any atom is 0.250 e. The molecule has 1 saturated heterocycles. The third kappa shape index (κ3) is 5.67. The molecule has 4 aromatic rings. The van der Waals surface area contributed by atoms with Crippen LogP contribution in [0.5, 0.6) is 0 Å². The minimum Gasteiger partial charge on any atom is -0.358 e. The first-order valence-electron chi connectivity index (χ1n) is 16.3. The highest BCUT2D eigenvalue weighted by molar-refractivity contribution is 6.01. The summed E-state index contributed by atoms with van der Waals surface area (Å²) in [5.74, 6) is 0.376. The van der Waals surface area contributed by atoms with Crippen LogP contribution in [0.3, 0.4) is 0 Å². The molecule has 1 aliphatic carbocycles. The number of aromatic amines is 1. The van der Waals surface area contributed by atoms with Gasteiger partial charge in [-0.25, -0.2) is 0 Å². The Kier molecular flexibility index (Phi) is 8.10. The average molecular weight is 606 g/mol. The van der Waals surface area contributed by atoms with E-state index in [2.05, 4.69) is 91.3 Å². The summed E-state index contributed by atoms with van der Waals surface area (Å²) in [6, 6.07) is 16.6. The largest absolute Gasteiger partial charge is 0.358 e. The van der Waals surface area contributed by atoms with Crippen molar-refractivity contribution >= 4 is 28.4 Å². The lowest BCUT2D eigenvalue weighted by atomic mass is 9.83. The number of amides is 2. The summed E-state index contributed by atoms with van der Waals surface area (Å²) in [6.45, 7) is 14.7.